The number of hydrogen-bond acceptors (Lipinski definition) is 4. The van der Waals surface area contributed by atoms with Crippen molar-refractivity contribution in [2.24, 2.45) is 4.99 Å². The molecular weight excluding hydrogens is 287 g/mol. The summed E-state index contributed by atoms with van der Waals surface area (Å²) < 4.78 is 37.9. The zero-order chi connectivity index (χ0) is 15.5. The summed E-state index contributed by atoms with van der Waals surface area (Å²) in [6, 6.07) is 5.33. The second-order valence-electron chi connectivity index (χ2n) is 4.00. The zero-order valence-electron chi connectivity index (χ0n) is 10.4. The van der Waals surface area contributed by atoms with Crippen molar-refractivity contribution < 1.29 is 18.1 Å². The number of halogens is 3. The molecule has 0 saturated carbocycles. The van der Waals surface area contributed by atoms with Crippen molar-refractivity contribution in [3.8, 4) is 0 Å². The van der Waals surface area contributed by atoms with Gasteiger partial charge in [0, 0.05) is 18.5 Å². The molecule has 0 spiro atoms. The van der Waals surface area contributed by atoms with Gasteiger partial charge in [-0.15, -0.1) is 0 Å². The topological polar surface area (TPSA) is 68.4 Å². The van der Waals surface area contributed by atoms with Gasteiger partial charge in [0.15, 0.2) is 0 Å². The van der Waals surface area contributed by atoms with Gasteiger partial charge >= 0.3 is 6.18 Å². The molecule has 1 heterocycles. The third kappa shape index (κ3) is 3.62. The van der Waals surface area contributed by atoms with Crippen LogP contribution in [0.3, 0.4) is 0 Å². The molecule has 2 rings (SSSR count). The van der Waals surface area contributed by atoms with E-state index in [9.17, 15) is 23.3 Å². The van der Waals surface area contributed by atoms with Gasteiger partial charge in [-0.3, -0.25) is 20.1 Å². The highest BCUT2D eigenvalue weighted by Crippen LogP contribution is 2.32. The molecule has 0 saturated heterocycles. The molecule has 108 valence electrons. The number of benzene rings is 1. The van der Waals surface area contributed by atoms with E-state index in [2.05, 4.69) is 9.98 Å². The van der Waals surface area contributed by atoms with Gasteiger partial charge in [0.25, 0.3) is 5.69 Å². The van der Waals surface area contributed by atoms with Crippen LogP contribution in [0.15, 0.2) is 47.7 Å². The van der Waals surface area contributed by atoms with Gasteiger partial charge in [-0.2, -0.15) is 13.2 Å². The lowest BCUT2D eigenvalue weighted by Crippen LogP contribution is -2.06. The van der Waals surface area contributed by atoms with E-state index >= 15 is 0 Å². The second-order valence-corrected chi connectivity index (χ2v) is 4.00. The van der Waals surface area contributed by atoms with E-state index in [0.717, 1.165) is 12.3 Å². The van der Waals surface area contributed by atoms with Crippen molar-refractivity contribution in [1.29, 1.82) is 0 Å². The Morgan fingerprint density at radius 1 is 1.29 bits per heavy atom. The maximum absolute atomic E-state index is 12.6. The number of rotatable bonds is 3. The van der Waals surface area contributed by atoms with Crippen molar-refractivity contribution >= 4 is 17.6 Å². The van der Waals surface area contributed by atoms with E-state index < -0.39 is 22.4 Å². The summed E-state index contributed by atoms with van der Waals surface area (Å²) in [6.45, 7) is 0. The Morgan fingerprint density at radius 2 is 2.05 bits per heavy atom. The number of hydrogen-bond donors (Lipinski definition) is 0. The van der Waals surface area contributed by atoms with Gasteiger partial charge in [0.1, 0.15) is 0 Å². The standard InChI is InChI=1S/C13H8F3N3O2/c14-13(15,16)10-3-4-12(19(20)21)9(6-10)7-18-11-2-1-5-17-8-11/h1-8H. The first kappa shape index (κ1) is 14.6. The maximum atomic E-state index is 12.6. The number of aromatic nitrogens is 1. The fourth-order valence-electron chi connectivity index (χ4n) is 1.57. The molecule has 0 aliphatic heterocycles. The average molecular weight is 295 g/mol. The molecule has 0 N–H and O–H groups in total. The number of alkyl halides is 3. The van der Waals surface area contributed by atoms with Crippen LogP contribution < -0.4 is 0 Å². The number of pyridine rings is 1. The fourth-order valence-corrected chi connectivity index (χ4v) is 1.57. The zero-order valence-corrected chi connectivity index (χ0v) is 10.4. The molecule has 2 aromatic rings. The molecule has 1 aromatic carbocycles. The SMILES string of the molecule is O=[N+]([O-])c1ccc(C(F)(F)F)cc1C=Nc1cccnc1. The minimum absolute atomic E-state index is 0.223. The van der Waals surface area contributed by atoms with Crippen LogP contribution >= 0.6 is 0 Å². The van der Waals surface area contributed by atoms with Crippen LogP contribution in [0, 0.1) is 10.1 Å². The van der Waals surface area contributed by atoms with Crippen LogP contribution in [0.5, 0.6) is 0 Å². The maximum Gasteiger partial charge on any atom is 0.416 e. The van der Waals surface area contributed by atoms with E-state index in [-0.39, 0.29) is 5.56 Å². The Kier molecular flexibility index (Phi) is 3.97. The van der Waals surface area contributed by atoms with Crippen LogP contribution in [0.1, 0.15) is 11.1 Å². The van der Waals surface area contributed by atoms with Crippen LogP contribution in [-0.2, 0) is 6.18 Å². The molecule has 0 fully saturated rings. The molecular formula is C13H8F3N3O2. The highest BCUT2D eigenvalue weighted by Gasteiger charge is 2.32. The summed E-state index contributed by atoms with van der Waals surface area (Å²) >= 11 is 0. The number of nitro benzene ring substituents is 1. The summed E-state index contributed by atoms with van der Waals surface area (Å²) in [5, 5.41) is 10.8. The van der Waals surface area contributed by atoms with Crippen LogP contribution in [0.25, 0.3) is 0 Å². The Hall–Kier alpha value is -2.77. The monoisotopic (exact) mass is 295 g/mol. The van der Waals surface area contributed by atoms with Crippen molar-refractivity contribution in [1.82, 2.24) is 4.98 Å². The molecule has 5 nitrogen and oxygen atoms in total. The number of nitro groups is 1. The Bertz CT molecular complexity index is 685. The third-order valence-electron chi connectivity index (χ3n) is 2.55. The molecule has 0 bridgehead atoms. The Balaban J connectivity index is 2.44. The summed E-state index contributed by atoms with van der Waals surface area (Å²) in [5.74, 6) is 0. The summed E-state index contributed by atoms with van der Waals surface area (Å²) in [4.78, 5) is 17.8. The van der Waals surface area contributed by atoms with Crippen molar-refractivity contribution in [3.05, 3.63) is 64.0 Å². The lowest BCUT2D eigenvalue weighted by molar-refractivity contribution is -0.385. The van der Waals surface area contributed by atoms with Gasteiger partial charge < -0.3 is 0 Å². The van der Waals surface area contributed by atoms with Gasteiger partial charge in [-0.25, -0.2) is 0 Å². The molecule has 1 aromatic heterocycles. The highest BCUT2D eigenvalue weighted by molar-refractivity contribution is 5.87. The van der Waals surface area contributed by atoms with Gasteiger partial charge in [0.05, 0.1) is 27.9 Å². The number of nitrogens with zero attached hydrogens (tertiary/aromatic N) is 3. The summed E-state index contributed by atoms with van der Waals surface area (Å²) in [6.07, 6.45) is -0.669. The van der Waals surface area contributed by atoms with Crippen LogP contribution in [0.4, 0.5) is 24.5 Å². The van der Waals surface area contributed by atoms with E-state index in [1.54, 1.807) is 12.1 Å². The normalized spacial score (nSPS) is 11.8. The van der Waals surface area contributed by atoms with Crippen molar-refractivity contribution in [2.75, 3.05) is 0 Å². The predicted molar refractivity (Wildman–Crippen MR) is 69.6 cm³/mol. The van der Waals surface area contributed by atoms with Crippen LogP contribution in [0.2, 0.25) is 0 Å². The molecule has 8 heteroatoms. The van der Waals surface area contributed by atoms with E-state index in [1.807, 2.05) is 0 Å². The van der Waals surface area contributed by atoms with Crippen molar-refractivity contribution in [3.63, 3.8) is 0 Å². The van der Waals surface area contributed by atoms with Gasteiger partial charge in [-0.05, 0) is 24.3 Å². The minimum atomic E-state index is -4.58. The Morgan fingerprint density at radius 3 is 2.62 bits per heavy atom. The third-order valence-corrected chi connectivity index (χ3v) is 2.55. The summed E-state index contributed by atoms with van der Waals surface area (Å²) in [7, 11) is 0. The molecule has 0 radical (unpaired) electrons. The highest BCUT2D eigenvalue weighted by atomic mass is 19.4. The largest absolute Gasteiger partial charge is 0.416 e. The summed E-state index contributed by atoms with van der Waals surface area (Å²) in [5.41, 5.74) is -1.26. The van der Waals surface area contributed by atoms with Crippen molar-refractivity contribution in [2.45, 2.75) is 6.18 Å². The van der Waals surface area contributed by atoms with Gasteiger partial charge in [-0.1, -0.05) is 0 Å². The molecule has 0 aliphatic rings. The quantitative estimate of drug-likeness (QED) is 0.492. The van der Waals surface area contributed by atoms with E-state index in [0.29, 0.717) is 17.8 Å². The lowest BCUT2D eigenvalue weighted by Gasteiger charge is -2.07. The first-order chi connectivity index (χ1) is 9.88. The van der Waals surface area contributed by atoms with E-state index in [1.165, 1.54) is 12.4 Å². The lowest BCUT2D eigenvalue weighted by atomic mass is 10.1. The molecule has 0 atom stereocenters. The molecule has 21 heavy (non-hydrogen) atoms. The fraction of sp³-hybridized carbons (Fsp3) is 0.0769. The first-order valence-electron chi connectivity index (χ1n) is 5.67. The van der Waals surface area contributed by atoms with Crippen LogP contribution in [-0.4, -0.2) is 16.1 Å². The van der Waals surface area contributed by atoms with Gasteiger partial charge in [0.2, 0.25) is 0 Å². The molecule has 0 amide bonds. The molecule has 0 unspecified atom stereocenters. The van der Waals surface area contributed by atoms with E-state index in [4.69, 9.17) is 0 Å². The first-order valence-corrected chi connectivity index (χ1v) is 5.67. The second kappa shape index (κ2) is 5.70. The Labute approximate surface area is 116 Å². The predicted octanol–water partition coefficient (Wildman–Crippen LogP) is 3.76. The number of aliphatic imine (C=N–C) groups is 1. The average Bonchev–Trinajstić information content (AvgIpc) is 2.45. The minimum Gasteiger partial charge on any atom is -0.262 e. The smallest absolute Gasteiger partial charge is 0.262 e. The molecule has 0 aliphatic carbocycles.